The van der Waals surface area contributed by atoms with Crippen LogP contribution >= 0.6 is 0 Å². The molecule has 7 aliphatic rings. The number of rotatable bonds is 3. The fraction of sp³-hybridized carbons (Fsp3) is 0.356. The fourth-order valence-corrected chi connectivity index (χ4v) is 16.1. The van der Waals surface area contributed by atoms with Gasteiger partial charge in [0.25, 0.3) is 0 Å². The summed E-state index contributed by atoms with van der Waals surface area (Å²) >= 11 is 0. The molecule has 0 atom stereocenters. The van der Waals surface area contributed by atoms with Crippen LogP contribution in [-0.4, -0.2) is 15.9 Å². The van der Waals surface area contributed by atoms with E-state index >= 15 is 0 Å². The summed E-state index contributed by atoms with van der Waals surface area (Å²) in [5.41, 5.74) is 23.6. The first-order valence-corrected chi connectivity index (χ1v) is 24.6. The molecule has 4 heterocycles. The van der Waals surface area contributed by atoms with Gasteiger partial charge in [-0.15, -0.1) is 0 Å². The quantitative estimate of drug-likeness (QED) is 0.158. The molecule has 0 unspecified atom stereocenters. The van der Waals surface area contributed by atoms with Crippen LogP contribution < -0.4 is 10.9 Å². The standard InChI is InChI=1S/C59H55BN2/c1-57(2)48-21-7-6-19-42(48)56-52(57)43-20-8-22-49-55(43)61(56)51-30-39(38-17-4-3-5-18-38)29-45-47-33-41(59-27-11-15-37(35-59)16-12-28-59)32-46-44-31-40(58-25-9-13-36(34-58)14-10-26-58)23-24-50(44)62(54(46)47)60(49)53(45)51/h3-8,17-24,29-33,36-37H,9-16,25-28,34-35H2,1-2H3. The molecule has 0 saturated heterocycles. The van der Waals surface area contributed by atoms with Gasteiger partial charge in [0.2, 0.25) is 0 Å². The monoisotopic (exact) mass is 802 g/mol. The summed E-state index contributed by atoms with van der Waals surface area (Å²) in [5, 5.41) is 4.43. The average Bonchev–Trinajstić information content (AvgIpc) is 3.91. The van der Waals surface area contributed by atoms with Crippen molar-refractivity contribution in [3.8, 4) is 39.2 Å². The van der Waals surface area contributed by atoms with Gasteiger partial charge in [-0.25, -0.2) is 0 Å². The lowest BCUT2D eigenvalue weighted by atomic mass is 9.45. The van der Waals surface area contributed by atoms with E-state index in [4.69, 9.17) is 0 Å². The Labute approximate surface area is 366 Å². The third-order valence-electron chi connectivity index (χ3n) is 18.7. The molecule has 15 rings (SSSR count). The Balaban J connectivity index is 1.10. The highest BCUT2D eigenvalue weighted by Gasteiger charge is 2.48. The van der Waals surface area contributed by atoms with Crippen molar-refractivity contribution >= 4 is 50.5 Å². The minimum atomic E-state index is -0.108. The first kappa shape index (κ1) is 35.2. The van der Waals surface area contributed by atoms with Gasteiger partial charge in [-0.05, 0) is 147 Å². The summed E-state index contributed by atoms with van der Waals surface area (Å²) in [6, 6.07) is 46.5. The van der Waals surface area contributed by atoms with Gasteiger partial charge in [0.05, 0.1) is 11.2 Å². The summed E-state index contributed by atoms with van der Waals surface area (Å²) in [7, 11) is 0. The zero-order valence-corrected chi connectivity index (χ0v) is 36.5. The fourth-order valence-electron chi connectivity index (χ4n) is 16.1. The van der Waals surface area contributed by atoms with E-state index in [0.717, 1.165) is 11.8 Å². The molecule has 62 heavy (non-hydrogen) atoms. The molecule has 4 bridgehead atoms. The zero-order valence-electron chi connectivity index (χ0n) is 36.5. The molecule has 2 aliphatic heterocycles. The number of benzene rings is 6. The van der Waals surface area contributed by atoms with Crippen LogP contribution in [0.1, 0.15) is 126 Å². The first-order chi connectivity index (χ1) is 30.4. The third kappa shape index (κ3) is 4.34. The molecule has 8 aromatic rings. The molecule has 0 N–H and O–H groups in total. The second kappa shape index (κ2) is 12.0. The maximum Gasteiger partial charge on any atom is 0.333 e. The van der Waals surface area contributed by atoms with Crippen molar-refractivity contribution in [1.29, 1.82) is 0 Å². The van der Waals surface area contributed by atoms with Crippen LogP contribution in [0.25, 0.3) is 71.9 Å². The van der Waals surface area contributed by atoms with E-state index < -0.39 is 0 Å². The zero-order chi connectivity index (χ0) is 40.7. The SMILES string of the molecule is CC1(C)c2ccccc2-c2c1c1cccc3c1n2-c1cc(-c2ccccc2)cc2c1B3n1c3ccc(C45CCCC(CCC4)C5)cc3c3cc(C45CCCC(CCC4)C5)cc-2c31. The molecule has 0 radical (unpaired) electrons. The van der Waals surface area contributed by atoms with E-state index in [9.17, 15) is 0 Å². The Morgan fingerprint density at radius 3 is 2.00 bits per heavy atom. The molecule has 304 valence electrons. The van der Waals surface area contributed by atoms with Crippen LogP contribution in [0.5, 0.6) is 0 Å². The van der Waals surface area contributed by atoms with Crippen LogP contribution in [0, 0.1) is 11.8 Å². The lowest BCUT2D eigenvalue weighted by Crippen LogP contribution is -2.55. The second-order valence-corrected chi connectivity index (χ2v) is 22.0. The summed E-state index contributed by atoms with van der Waals surface area (Å²) < 4.78 is 5.61. The summed E-state index contributed by atoms with van der Waals surface area (Å²) in [6.07, 6.45) is 19.4. The van der Waals surface area contributed by atoms with Gasteiger partial charge in [0.1, 0.15) is 0 Å². The summed E-state index contributed by atoms with van der Waals surface area (Å²) in [4.78, 5) is 0. The highest BCUT2D eigenvalue weighted by atomic mass is 15.0. The van der Waals surface area contributed by atoms with Crippen LogP contribution in [0.2, 0.25) is 0 Å². The van der Waals surface area contributed by atoms with E-state index in [1.807, 2.05) is 0 Å². The van der Waals surface area contributed by atoms with E-state index in [1.54, 1.807) is 11.1 Å². The number of fused-ring (bicyclic) bond motifs is 16. The molecular weight excluding hydrogens is 747 g/mol. The Morgan fingerprint density at radius 1 is 0.548 bits per heavy atom. The number of para-hydroxylation sites is 1. The maximum atomic E-state index is 2.86. The van der Waals surface area contributed by atoms with Gasteiger partial charge in [-0.2, -0.15) is 0 Å². The Hall–Kier alpha value is -5.28. The third-order valence-corrected chi connectivity index (χ3v) is 18.7. The Bertz CT molecular complexity index is 3250. The second-order valence-electron chi connectivity index (χ2n) is 22.0. The van der Waals surface area contributed by atoms with Crippen molar-refractivity contribution < 1.29 is 0 Å². The minimum absolute atomic E-state index is 0.0809. The Kier molecular flexibility index (Phi) is 6.84. The highest BCUT2D eigenvalue weighted by Crippen LogP contribution is 2.57. The molecule has 0 amide bonds. The summed E-state index contributed by atoms with van der Waals surface area (Å²) in [5.74, 6) is 1.78. The molecule has 6 aromatic carbocycles. The molecule has 4 saturated carbocycles. The van der Waals surface area contributed by atoms with Crippen molar-refractivity contribution in [2.45, 2.75) is 120 Å². The minimum Gasteiger partial charge on any atom is -0.375 e. The maximum absolute atomic E-state index is 2.86. The van der Waals surface area contributed by atoms with E-state index in [2.05, 4.69) is 138 Å². The molecular formula is C59H55BN2. The molecule has 5 aliphatic carbocycles. The van der Waals surface area contributed by atoms with Crippen molar-refractivity contribution in [1.82, 2.24) is 9.05 Å². The first-order valence-electron chi connectivity index (χ1n) is 24.6. The number of hydrogen-bond donors (Lipinski definition) is 0. The number of aromatic nitrogens is 2. The van der Waals surface area contributed by atoms with Gasteiger partial charge in [0.15, 0.2) is 0 Å². The molecule has 2 aromatic heterocycles. The van der Waals surface area contributed by atoms with Gasteiger partial charge >= 0.3 is 6.85 Å². The Morgan fingerprint density at radius 2 is 1.24 bits per heavy atom. The van der Waals surface area contributed by atoms with Crippen molar-refractivity contribution in [3.63, 3.8) is 0 Å². The van der Waals surface area contributed by atoms with Crippen molar-refractivity contribution in [3.05, 3.63) is 138 Å². The topological polar surface area (TPSA) is 9.86 Å². The molecule has 4 fully saturated rings. The lowest BCUT2D eigenvalue weighted by Gasteiger charge is -2.46. The van der Waals surface area contributed by atoms with Gasteiger partial charge in [0, 0.05) is 49.4 Å². The normalized spacial score (nSPS) is 25.9. The average molecular weight is 803 g/mol. The molecule has 3 heteroatoms. The number of hydrogen-bond acceptors (Lipinski definition) is 0. The van der Waals surface area contributed by atoms with Crippen LogP contribution in [-0.2, 0) is 16.2 Å². The molecule has 0 spiro atoms. The van der Waals surface area contributed by atoms with Gasteiger partial charge < -0.3 is 9.05 Å². The van der Waals surface area contributed by atoms with Crippen LogP contribution in [0.15, 0.2) is 115 Å². The van der Waals surface area contributed by atoms with Gasteiger partial charge in [-0.3, -0.25) is 0 Å². The highest BCUT2D eigenvalue weighted by molar-refractivity contribution is 6.90. The van der Waals surface area contributed by atoms with Crippen molar-refractivity contribution in [2.24, 2.45) is 11.8 Å². The number of nitrogens with zero attached hydrogens (tertiary/aromatic N) is 2. The van der Waals surface area contributed by atoms with E-state index in [-0.39, 0.29) is 17.7 Å². The lowest BCUT2D eigenvalue weighted by molar-refractivity contribution is 0.149. The van der Waals surface area contributed by atoms with E-state index in [0.29, 0.717) is 5.41 Å². The summed E-state index contributed by atoms with van der Waals surface area (Å²) in [6.45, 7) is 5.01. The van der Waals surface area contributed by atoms with E-state index in [1.165, 1.54) is 184 Å². The molecule has 2 nitrogen and oxygen atoms in total. The predicted octanol–water partition coefficient (Wildman–Crippen LogP) is 13.9. The van der Waals surface area contributed by atoms with Crippen molar-refractivity contribution in [2.75, 3.05) is 0 Å². The van der Waals surface area contributed by atoms with Crippen LogP contribution in [0.3, 0.4) is 0 Å². The van der Waals surface area contributed by atoms with Gasteiger partial charge in [-0.1, -0.05) is 144 Å². The predicted molar refractivity (Wildman–Crippen MR) is 260 cm³/mol. The largest absolute Gasteiger partial charge is 0.375 e. The smallest absolute Gasteiger partial charge is 0.333 e. The van der Waals surface area contributed by atoms with Crippen LogP contribution in [0.4, 0.5) is 0 Å².